The molecule has 7 heteroatoms. The number of halogens is 4. The summed E-state index contributed by atoms with van der Waals surface area (Å²) >= 11 is 0. The Morgan fingerprint density at radius 1 is 1.24 bits per heavy atom. The van der Waals surface area contributed by atoms with Gasteiger partial charge in [-0.1, -0.05) is 12.1 Å². The number of alkyl halides is 3. The molecule has 0 aromatic heterocycles. The molecule has 1 rings (SSSR count). The van der Waals surface area contributed by atoms with Crippen molar-refractivity contribution in [1.82, 2.24) is 0 Å². The quantitative estimate of drug-likeness (QED) is 0.885. The van der Waals surface area contributed by atoms with Gasteiger partial charge in [-0.3, -0.25) is 4.79 Å². The number of benzene rings is 1. The highest BCUT2D eigenvalue weighted by Crippen LogP contribution is 2.20. The number of carbonyl (C=O) groups excluding carboxylic acids is 1. The smallest absolute Gasteiger partial charge is 0.326 e. The van der Waals surface area contributed by atoms with Crippen LogP contribution in [0.2, 0.25) is 0 Å². The molecule has 1 aromatic carbocycles. The van der Waals surface area contributed by atoms with Gasteiger partial charge in [-0.25, -0.2) is 0 Å². The van der Waals surface area contributed by atoms with Crippen molar-refractivity contribution in [3.63, 3.8) is 0 Å². The molecule has 3 N–H and O–H groups in total. The Labute approximate surface area is 103 Å². The zero-order valence-corrected chi connectivity index (χ0v) is 9.57. The van der Waals surface area contributed by atoms with Gasteiger partial charge in [-0.2, -0.15) is 13.2 Å². The maximum absolute atomic E-state index is 11.9. The van der Waals surface area contributed by atoms with E-state index in [4.69, 9.17) is 5.73 Å². The molecular formula is C10H12ClF3N2O. The Morgan fingerprint density at radius 2 is 1.76 bits per heavy atom. The second-order valence-corrected chi connectivity index (χ2v) is 3.24. The molecule has 0 saturated carbocycles. The maximum atomic E-state index is 11.9. The molecule has 0 spiro atoms. The minimum atomic E-state index is -4.48. The number of nitrogens with one attached hydrogen (secondary N) is 1. The fourth-order valence-corrected chi connectivity index (χ4v) is 1.11. The number of carbonyl (C=O) groups is 1. The van der Waals surface area contributed by atoms with Gasteiger partial charge in [-0.15, -0.1) is 12.4 Å². The van der Waals surface area contributed by atoms with E-state index in [0.29, 0.717) is 12.2 Å². The number of anilines is 1. The van der Waals surface area contributed by atoms with Crippen LogP contribution in [0.3, 0.4) is 0 Å². The summed E-state index contributed by atoms with van der Waals surface area (Å²) in [6.45, 7) is 0.344. The highest BCUT2D eigenvalue weighted by atomic mass is 35.5. The molecule has 0 unspecified atom stereocenters. The molecular weight excluding hydrogens is 257 g/mol. The lowest BCUT2D eigenvalue weighted by molar-refractivity contribution is -0.150. The van der Waals surface area contributed by atoms with Crippen molar-refractivity contribution in [3.8, 4) is 0 Å². The summed E-state index contributed by atoms with van der Waals surface area (Å²) in [6, 6.07) is 6.30. The third-order valence-corrected chi connectivity index (χ3v) is 1.83. The van der Waals surface area contributed by atoms with Crippen LogP contribution < -0.4 is 11.1 Å². The number of rotatable bonds is 3. The van der Waals surface area contributed by atoms with Gasteiger partial charge in [-0.05, 0) is 17.7 Å². The van der Waals surface area contributed by atoms with E-state index in [-0.39, 0.29) is 12.4 Å². The molecule has 0 radical (unpaired) electrons. The predicted octanol–water partition coefficient (Wildman–Crippen LogP) is 2.46. The fraction of sp³-hybridized carbons (Fsp3) is 0.300. The molecule has 1 aromatic rings. The van der Waals surface area contributed by atoms with Gasteiger partial charge >= 0.3 is 6.18 Å². The van der Waals surface area contributed by atoms with Gasteiger partial charge in [0.05, 0.1) is 0 Å². The van der Waals surface area contributed by atoms with E-state index < -0.39 is 18.5 Å². The van der Waals surface area contributed by atoms with Crippen molar-refractivity contribution in [3.05, 3.63) is 29.8 Å². The third kappa shape index (κ3) is 6.13. The number of hydrogen-bond donors (Lipinski definition) is 2. The van der Waals surface area contributed by atoms with Gasteiger partial charge in [0.25, 0.3) is 0 Å². The Hall–Kier alpha value is -1.27. The van der Waals surface area contributed by atoms with Crippen molar-refractivity contribution >= 4 is 24.0 Å². The van der Waals surface area contributed by atoms with E-state index in [1.165, 1.54) is 12.1 Å². The summed E-state index contributed by atoms with van der Waals surface area (Å²) in [5.74, 6) is -1.08. The summed E-state index contributed by atoms with van der Waals surface area (Å²) < 4.78 is 35.6. The topological polar surface area (TPSA) is 55.1 Å². The second-order valence-electron chi connectivity index (χ2n) is 3.24. The normalized spacial score (nSPS) is 10.6. The molecule has 0 fully saturated rings. The van der Waals surface area contributed by atoms with Crippen LogP contribution in [0.5, 0.6) is 0 Å². The highest BCUT2D eigenvalue weighted by Gasteiger charge is 2.31. The van der Waals surface area contributed by atoms with Crippen LogP contribution in [-0.4, -0.2) is 12.1 Å². The Morgan fingerprint density at radius 3 is 2.18 bits per heavy atom. The van der Waals surface area contributed by atoms with Gasteiger partial charge in [0, 0.05) is 12.2 Å². The monoisotopic (exact) mass is 268 g/mol. The van der Waals surface area contributed by atoms with Crippen LogP contribution >= 0.6 is 12.4 Å². The molecule has 0 aliphatic rings. The van der Waals surface area contributed by atoms with Crippen molar-refractivity contribution in [2.45, 2.75) is 19.1 Å². The Bertz CT molecular complexity index is 365. The summed E-state index contributed by atoms with van der Waals surface area (Å²) in [4.78, 5) is 10.9. The molecule has 0 bridgehead atoms. The maximum Gasteiger partial charge on any atom is 0.397 e. The Kier molecular flexibility index (Phi) is 5.98. The molecule has 0 heterocycles. The van der Waals surface area contributed by atoms with Crippen molar-refractivity contribution < 1.29 is 18.0 Å². The van der Waals surface area contributed by atoms with Crippen LogP contribution in [0.15, 0.2) is 24.3 Å². The highest BCUT2D eigenvalue weighted by molar-refractivity contribution is 5.91. The molecule has 1 amide bonds. The van der Waals surface area contributed by atoms with Gasteiger partial charge in [0.1, 0.15) is 6.42 Å². The van der Waals surface area contributed by atoms with Crippen molar-refractivity contribution in [2.75, 3.05) is 5.32 Å². The first kappa shape index (κ1) is 15.7. The zero-order chi connectivity index (χ0) is 12.2. The predicted molar refractivity (Wildman–Crippen MR) is 60.9 cm³/mol. The van der Waals surface area contributed by atoms with Crippen LogP contribution in [0.1, 0.15) is 12.0 Å². The molecule has 17 heavy (non-hydrogen) atoms. The summed E-state index contributed by atoms with van der Waals surface area (Å²) in [6.07, 6.45) is -5.97. The first-order valence-corrected chi connectivity index (χ1v) is 4.56. The van der Waals surface area contributed by atoms with Gasteiger partial charge < -0.3 is 11.1 Å². The number of amides is 1. The van der Waals surface area contributed by atoms with E-state index in [9.17, 15) is 18.0 Å². The third-order valence-electron chi connectivity index (χ3n) is 1.83. The standard InChI is InChI=1S/C10H11F3N2O.ClH/c11-10(12,13)5-9(16)15-8-3-1-7(6-14)2-4-8;/h1-4H,5-6,14H2,(H,15,16);1H. The minimum Gasteiger partial charge on any atom is -0.326 e. The molecule has 0 aliphatic heterocycles. The SMILES string of the molecule is Cl.NCc1ccc(NC(=O)CC(F)(F)F)cc1. The molecule has 0 aliphatic carbocycles. The van der Waals surface area contributed by atoms with E-state index in [0.717, 1.165) is 5.56 Å². The molecule has 96 valence electrons. The minimum absolute atomic E-state index is 0. The van der Waals surface area contributed by atoms with Gasteiger partial charge in [0.2, 0.25) is 5.91 Å². The Balaban J connectivity index is 0.00000256. The lowest BCUT2D eigenvalue weighted by atomic mass is 10.2. The molecule has 0 atom stereocenters. The van der Waals surface area contributed by atoms with Crippen LogP contribution in [0.4, 0.5) is 18.9 Å². The first-order chi connectivity index (χ1) is 7.40. The lowest BCUT2D eigenvalue weighted by Gasteiger charge is -2.08. The van der Waals surface area contributed by atoms with Crippen molar-refractivity contribution in [1.29, 1.82) is 0 Å². The summed E-state index contributed by atoms with van der Waals surface area (Å²) in [5.41, 5.74) is 6.52. The van der Waals surface area contributed by atoms with Crippen LogP contribution in [0.25, 0.3) is 0 Å². The van der Waals surface area contributed by atoms with E-state index >= 15 is 0 Å². The average Bonchev–Trinajstić information content (AvgIpc) is 2.16. The van der Waals surface area contributed by atoms with E-state index in [1.54, 1.807) is 12.1 Å². The van der Waals surface area contributed by atoms with Crippen molar-refractivity contribution in [2.24, 2.45) is 5.73 Å². The number of hydrogen-bond acceptors (Lipinski definition) is 2. The van der Waals surface area contributed by atoms with Crippen LogP contribution in [-0.2, 0) is 11.3 Å². The first-order valence-electron chi connectivity index (χ1n) is 4.56. The second kappa shape index (κ2) is 6.46. The summed E-state index contributed by atoms with van der Waals surface area (Å²) in [7, 11) is 0. The van der Waals surface area contributed by atoms with Gasteiger partial charge in [0.15, 0.2) is 0 Å². The number of nitrogens with two attached hydrogens (primary N) is 1. The van der Waals surface area contributed by atoms with Crippen LogP contribution in [0, 0.1) is 0 Å². The lowest BCUT2D eigenvalue weighted by Crippen LogP contribution is -2.21. The largest absolute Gasteiger partial charge is 0.397 e. The molecule has 3 nitrogen and oxygen atoms in total. The molecule has 0 saturated heterocycles. The average molecular weight is 269 g/mol. The summed E-state index contributed by atoms with van der Waals surface area (Å²) in [5, 5.41) is 2.15. The van der Waals surface area contributed by atoms with E-state index in [1.807, 2.05) is 0 Å². The fourth-order valence-electron chi connectivity index (χ4n) is 1.11. The zero-order valence-electron chi connectivity index (χ0n) is 8.75. The van der Waals surface area contributed by atoms with E-state index in [2.05, 4.69) is 5.32 Å².